The van der Waals surface area contributed by atoms with E-state index in [9.17, 15) is 0 Å². The molecule has 2 fully saturated rings. The maximum atomic E-state index is 2.01. The lowest BCUT2D eigenvalue weighted by Gasteiger charge is -1.85. The lowest BCUT2D eigenvalue weighted by atomic mass is 11.9. The van der Waals surface area contributed by atoms with E-state index >= 15 is 0 Å². The molecule has 0 radical (unpaired) electrons. The first-order chi connectivity index (χ1) is 3.95. The summed E-state index contributed by atoms with van der Waals surface area (Å²) >= 11 is 0. The Morgan fingerprint density at radius 1 is 0.750 bits per heavy atom. The topological polar surface area (TPSA) is 0 Å². The number of hydrogen-bond acceptors (Lipinski definition) is 6. The van der Waals surface area contributed by atoms with Crippen molar-refractivity contribution in [2.45, 2.75) is 7.83 Å². The summed E-state index contributed by atoms with van der Waals surface area (Å²) in [6, 6.07) is 0. The molecular formula is C2H2S6. The van der Waals surface area contributed by atoms with Crippen molar-refractivity contribution in [2.75, 3.05) is 0 Å². The first-order valence-corrected chi connectivity index (χ1v) is 8.74. The molecule has 46 valence electrons. The molecule has 2 aliphatic rings. The molecule has 0 nitrogen and oxygen atoms in total. The van der Waals surface area contributed by atoms with Crippen LogP contribution in [0.5, 0.6) is 0 Å². The van der Waals surface area contributed by atoms with Crippen molar-refractivity contribution >= 4 is 64.8 Å². The molecule has 0 aromatic heterocycles. The molecule has 8 heavy (non-hydrogen) atoms. The van der Waals surface area contributed by atoms with Gasteiger partial charge in [0.15, 0.2) is 0 Å². The summed E-state index contributed by atoms with van der Waals surface area (Å²) in [5.74, 6) is 0. The van der Waals surface area contributed by atoms with Crippen LogP contribution in [0.2, 0.25) is 0 Å². The predicted octanol–water partition coefficient (Wildman–Crippen LogP) is 3.73. The van der Waals surface area contributed by atoms with Crippen LogP contribution in [-0.2, 0) is 0 Å². The minimum atomic E-state index is 0.863. The molecule has 2 heterocycles. The van der Waals surface area contributed by atoms with Crippen LogP contribution in [0, 0.1) is 0 Å². The van der Waals surface area contributed by atoms with E-state index in [-0.39, 0.29) is 0 Å². The van der Waals surface area contributed by atoms with Gasteiger partial charge in [-0.3, -0.25) is 0 Å². The van der Waals surface area contributed by atoms with Gasteiger partial charge in [-0.2, -0.15) is 0 Å². The molecule has 2 saturated heterocycles. The second kappa shape index (κ2) is 3.00. The third-order valence-corrected chi connectivity index (χ3v) is 10.7. The highest BCUT2D eigenvalue weighted by Crippen LogP contribution is 2.69. The molecule has 0 aromatic rings. The molecule has 0 bridgehead atoms. The zero-order chi connectivity index (χ0) is 5.40. The quantitative estimate of drug-likeness (QED) is 0.519. The van der Waals surface area contributed by atoms with Crippen molar-refractivity contribution in [3.63, 3.8) is 0 Å². The van der Waals surface area contributed by atoms with Crippen LogP contribution in [0.25, 0.3) is 0 Å². The number of hydrogen-bond donors (Lipinski definition) is 0. The van der Waals surface area contributed by atoms with E-state index in [1.54, 1.807) is 0 Å². The van der Waals surface area contributed by atoms with Gasteiger partial charge in [-0.05, 0) is 0 Å². The largest absolute Gasteiger partial charge is 0.126 e. The first kappa shape index (κ1) is 6.79. The fraction of sp³-hybridized carbons (Fsp3) is 1.00. The van der Waals surface area contributed by atoms with Gasteiger partial charge in [0, 0.05) is 0 Å². The highest BCUT2D eigenvalue weighted by atomic mass is 33.2. The summed E-state index contributed by atoms with van der Waals surface area (Å²) < 4.78 is 1.73. The lowest BCUT2D eigenvalue weighted by Crippen LogP contribution is -1.61. The van der Waals surface area contributed by atoms with Gasteiger partial charge in [-0.15, -0.1) is 0 Å². The highest BCUT2D eigenvalue weighted by Gasteiger charge is 2.31. The summed E-state index contributed by atoms with van der Waals surface area (Å²) in [4.78, 5) is 0. The molecule has 2 aliphatic heterocycles. The molecule has 0 amide bonds. The van der Waals surface area contributed by atoms with E-state index in [1.165, 1.54) is 0 Å². The normalized spacial score (nSPS) is 28.5. The molecule has 0 unspecified atom stereocenters. The van der Waals surface area contributed by atoms with Crippen LogP contribution in [0.3, 0.4) is 0 Å². The third kappa shape index (κ3) is 2.38. The van der Waals surface area contributed by atoms with Crippen LogP contribution in [-0.4, -0.2) is 7.83 Å². The molecule has 0 saturated carbocycles. The molecule has 0 spiro atoms. The Morgan fingerprint density at radius 2 is 1.12 bits per heavy atom. The van der Waals surface area contributed by atoms with Crippen molar-refractivity contribution in [1.29, 1.82) is 0 Å². The van der Waals surface area contributed by atoms with Gasteiger partial charge in [-0.1, -0.05) is 64.8 Å². The average molecular weight is 218 g/mol. The van der Waals surface area contributed by atoms with E-state index < -0.39 is 0 Å². The van der Waals surface area contributed by atoms with Crippen LogP contribution in [0.15, 0.2) is 0 Å². The van der Waals surface area contributed by atoms with Gasteiger partial charge in [0.25, 0.3) is 0 Å². The van der Waals surface area contributed by atoms with Gasteiger partial charge in [-0.25, -0.2) is 0 Å². The Bertz CT molecular complexity index is 72.5. The van der Waals surface area contributed by atoms with Gasteiger partial charge < -0.3 is 0 Å². The Kier molecular flexibility index (Phi) is 2.55. The van der Waals surface area contributed by atoms with Crippen LogP contribution in [0.1, 0.15) is 0 Å². The monoisotopic (exact) mass is 218 g/mol. The molecule has 0 aromatic carbocycles. The molecule has 6 heteroatoms. The van der Waals surface area contributed by atoms with Crippen molar-refractivity contribution < 1.29 is 0 Å². The molecular weight excluding hydrogens is 216 g/mol. The maximum absolute atomic E-state index is 2.01. The Labute approximate surface area is 72.0 Å². The summed E-state index contributed by atoms with van der Waals surface area (Å²) in [6.07, 6.45) is 0. The average Bonchev–Trinajstić information content (AvgIpc) is 2.60. The molecule has 0 N–H and O–H groups in total. The fourth-order valence-corrected chi connectivity index (χ4v) is 8.87. The Hall–Kier alpha value is 2.10. The highest BCUT2D eigenvalue weighted by molar-refractivity contribution is 9.07. The summed E-state index contributed by atoms with van der Waals surface area (Å²) in [6.45, 7) is 0. The van der Waals surface area contributed by atoms with Gasteiger partial charge in [0.05, 0.1) is 0 Å². The van der Waals surface area contributed by atoms with E-state index in [4.69, 9.17) is 0 Å². The van der Waals surface area contributed by atoms with E-state index in [0.717, 1.165) is 7.83 Å². The summed E-state index contributed by atoms with van der Waals surface area (Å²) in [7, 11) is 11.9. The minimum Gasteiger partial charge on any atom is -0.0647 e. The summed E-state index contributed by atoms with van der Waals surface area (Å²) in [5.41, 5.74) is 0. The van der Waals surface area contributed by atoms with Crippen molar-refractivity contribution in [3.05, 3.63) is 0 Å². The fourth-order valence-electron chi connectivity index (χ4n) is 0.200. The van der Waals surface area contributed by atoms with Crippen molar-refractivity contribution in [2.24, 2.45) is 0 Å². The number of rotatable bonds is 3. The minimum absolute atomic E-state index is 0.863. The molecule has 2 rings (SSSR count). The lowest BCUT2D eigenvalue weighted by molar-refractivity contribution is 2.19. The van der Waals surface area contributed by atoms with Crippen molar-refractivity contribution in [3.8, 4) is 0 Å². The second-order valence-corrected chi connectivity index (χ2v) is 10.4. The van der Waals surface area contributed by atoms with E-state index in [2.05, 4.69) is 0 Å². The van der Waals surface area contributed by atoms with E-state index in [0.29, 0.717) is 0 Å². The zero-order valence-corrected chi connectivity index (χ0v) is 8.50. The smallest absolute Gasteiger partial charge is 0.0647 e. The van der Waals surface area contributed by atoms with Crippen molar-refractivity contribution in [1.82, 2.24) is 0 Å². The van der Waals surface area contributed by atoms with Crippen LogP contribution >= 0.6 is 64.8 Å². The molecule has 0 atom stereocenters. The molecule has 0 aliphatic carbocycles. The zero-order valence-electron chi connectivity index (χ0n) is 3.60. The standard InChI is InChI=1S/C2H2S6/c3-1(4-3)7-8-2-5-6-2/h1-2H. The Balaban J connectivity index is 1.56. The van der Waals surface area contributed by atoms with Crippen LogP contribution in [0.4, 0.5) is 0 Å². The third-order valence-electron chi connectivity index (χ3n) is 0.562. The maximum Gasteiger partial charge on any atom is 0.126 e. The summed E-state index contributed by atoms with van der Waals surface area (Å²) in [5, 5.41) is 0. The Morgan fingerprint density at radius 3 is 1.38 bits per heavy atom. The van der Waals surface area contributed by atoms with Crippen LogP contribution < -0.4 is 0 Å². The van der Waals surface area contributed by atoms with E-state index in [1.807, 2.05) is 64.8 Å². The SMILES string of the molecule is S1SC1SSC1SS1. The second-order valence-electron chi connectivity index (χ2n) is 1.15. The van der Waals surface area contributed by atoms with Gasteiger partial charge in [0.1, 0.15) is 7.83 Å². The predicted molar refractivity (Wildman–Crippen MR) is 53.1 cm³/mol. The van der Waals surface area contributed by atoms with Gasteiger partial charge >= 0.3 is 0 Å². The van der Waals surface area contributed by atoms with Gasteiger partial charge in [0.2, 0.25) is 0 Å². The first-order valence-electron chi connectivity index (χ1n) is 1.91.